The molecule has 0 unspecified atom stereocenters. The zero-order valence-electron chi connectivity index (χ0n) is 16.7. The van der Waals surface area contributed by atoms with Gasteiger partial charge in [0.05, 0.1) is 13.2 Å². The Hall–Kier alpha value is -2.93. The first kappa shape index (κ1) is 21.3. The molecule has 0 atom stereocenters. The third-order valence-electron chi connectivity index (χ3n) is 4.87. The molecule has 2 amide bonds. The average molecular weight is 453 g/mol. The lowest BCUT2D eigenvalue weighted by atomic mass is 10.2. The van der Waals surface area contributed by atoms with Crippen LogP contribution in [0.15, 0.2) is 72.4 Å². The number of carbonyl (C=O) groups excluding carboxylic acids is 2. The van der Waals surface area contributed by atoms with Gasteiger partial charge in [0.25, 0.3) is 11.8 Å². The molecule has 3 aromatic rings. The Morgan fingerprint density at radius 2 is 1.68 bits per heavy atom. The van der Waals surface area contributed by atoms with Crippen molar-refractivity contribution in [2.24, 2.45) is 0 Å². The number of halogens is 1. The zero-order valence-corrected chi connectivity index (χ0v) is 18.3. The molecule has 1 N–H and O–H groups in total. The number of morpholine rings is 1. The maximum Gasteiger partial charge on any atom is 0.270 e. The predicted molar refractivity (Wildman–Crippen MR) is 124 cm³/mol. The first-order chi connectivity index (χ1) is 15.1. The van der Waals surface area contributed by atoms with Gasteiger partial charge in [-0.3, -0.25) is 9.59 Å². The number of hydrogen-bond acceptors (Lipinski definition) is 4. The van der Waals surface area contributed by atoms with E-state index >= 15 is 0 Å². The number of hydrogen-bond donors (Lipinski definition) is 1. The van der Waals surface area contributed by atoms with E-state index in [1.165, 1.54) is 11.3 Å². The summed E-state index contributed by atoms with van der Waals surface area (Å²) in [5.41, 5.74) is 1.66. The third kappa shape index (κ3) is 5.22. The van der Waals surface area contributed by atoms with E-state index in [2.05, 4.69) is 5.32 Å². The molecule has 0 radical (unpaired) electrons. The molecule has 2 heterocycles. The van der Waals surface area contributed by atoms with Crippen molar-refractivity contribution < 1.29 is 14.3 Å². The number of amides is 2. The Morgan fingerprint density at radius 3 is 2.42 bits per heavy atom. The number of nitrogens with one attached hydrogen (secondary N) is 1. The first-order valence-electron chi connectivity index (χ1n) is 9.91. The molecule has 4 rings (SSSR count). The summed E-state index contributed by atoms with van der Waals surface area (Å²) in [4.78, 5) is 29.4. The van der Waals surface area contributed by atoms with Crippen molar-refractivity contribution in [1.29, 1.82) is 0 Å². The quantitative estimate of drug-likeness (QED) is 0.571. The summed E-state index contributed by atoms with van der Waals surface area (Å²) in [6, 6.07) is 20.4. The van der Waals surface area contributed by atoms with Crippen molar-refractivity contribution in [2.45, 2.75) is 0 Å². The van der Waals surface area contributed by atoms with E-state index in [9.17, 15) is 9.59 Å². The molecule has 0 aliphatic carbocycles. The summed E-state index contributed by atoms with van der Waals surface area (Å²) in [5, 5.41) is 3.48. The maximum absolute atomic E-state index is 13.2. The minimum atomic E-state index is -0.323. The second-order valence-electron chi connectivity index (χ2n) is 6.96. The van der Waals surface area contributed by atoms with E-state index in [1.807, 2.05) is 42.5 Å². The Bertz CT molecular complexity index is 1100. The highest BCUT2D eigenvalue weighted by Gasteiger charge is 2.23. The molecule has 1 saturated heterocycles. The van der Waals surface area contributed by atoms with Crippen LogP contribution in [0, 0.1) is 0 Å². The van der Waals surface area contributed by atoms with Gasteiger partial charge >= 0.3 is 0 Å². The molecule has 1 aliphatic heterocycles. The Morgan fingerprint density at radius 1 is 0.968 bits per heavy atom. The highest BCUT2D eigenvalue weighted by molar-refractivity contribution is 7.16. The summed E-state index contributed by atoms with van der Waals surface area (Å²) >= 11 is 7.83. The van der Waals surface area contributed by atoms with Crippen LogP contribution >= 0.6 is 22.9 Å². The highest BCUT2D eigenvalue weighted by Crippen LogP contribution is 2.34. The summed E-state index contributed by atoms with van der Waals surface area (Å²) < 4.78 is 5.35. The van der Waals surface area contributed by atoms with E-state index in [0.29, 0.717) is 36.9 Å². The van der Waals surface area contributed by atoms with Crippen LogP contribution in [0.4, 0.5) is 0 Å². The van der Waals surface area contributed by atoms with Gasteiger partial charge in [-0.05, 0) is 36.4 Å². The lowest BCUT2D eigenvalue weighted by Gasteiger charge is -2.27. The van der Waals surface area contributed by atoms with Crippen LogP contribution < -0.4 is 5.32 Å². The molecule has 158 valence electrons. The van der Waals surface area contributed by atoms with Gasteiger partial charge in [-0.1, -0.05) is 48.0 Å². The molecule has 1 aliphatic rings. The number of thiophene rings is 1. The van der Waals surface area contributed by atoms with E-state index in [4.69, 9.17) is 16.3 Å². The Kier molecular flexibility index (Phi) is 6.82. The van der Waals surface area contributed by atoms with Crippen molar-refractivity contribution in [3.8, 4) is 10.4 Å². The molecular formula is C24H21ClN2O3S. The van der Waals surface area contributed by atoms with Gasteiger partial charge in [-0.15, -0.1) is 11.3 Å². The van der Waals surface area contributed by atoms with Crippen LogP contribution in [0.2, 0.25) is 5.02 Å². The van der Waals surface area contributed by atoms with Crippen LogP contribution in [0.3, 0.4) is 0 Å². The molecule has 0 saturated carbocycles. The molecular weight excluding hydrogens is 432 g/mol. The molecule has 31 heavy (non-hydrogen) atoms. The monoisotopic (exact) mass is 452 g/mol. The largest absolute Gasteiger partial charge is 0.378 e. The van der Waals surface area contributed by atoms with Gasteiger partial charge in [-0.25, -0.2) is 0 Å². The Balaban J connectivity index is 1.63. The van der Waals surface area contributed by atoms with Crippen molar-refractivity contribution >= 4 is 40.8 Å². The van der Waals surface area contributed by atoms with Crippen molar-refractivity contribution in [3.63, 3.8) is 0 Å². The average Bonchev–Trinajstić information content (AvgIpc) is 3.28. The van der Waals surface area contributed by atoms with Gasteiger partial charge in [-0.2, -0.15) is 0 Å². The van der Waals surface area contributed by atoms with Gasteiger partial charge in [0.1, 0.15) is 5.70 Å². The van der Waals surface area contributed by atoms with Crippen molar-refractivity contribution in [2.75, 3.05) is 26.3 Å². The fourth-order valence-corrected chi connectivity index (χ4v) is 4.53. The number of nitrogens with zero attached hydrogens (tertiary/aromatic N) is 1. The minimum absolute atomic E-state index is 0.222. The van der Waals surface area contributed by atoms with Gasteiger partial charge in [0, 0.05) is 39.0 Å². The van der Waals surface area contributed by atoms with E-state index in [1.54, 1.807) is 35.2 Å². The van der Waals surface area contributed by atoms with Crippen LogP contribution in [0.1, 0.15) is 15.2 Å². The van der Waals surface area contributed by atoms with E-state index < -0.39 is 0 Å². The number of rotatable bonds is 5. The van der Waals surface area contributed by atoms with Gasteiger partial charge in [0.2, 0.25) is 0 Å². The van der Waals surface area contributed by atoms with Crippen molar-refractivity contribution in [3.05, 3.63) is 87.9 Å². The highest BCUT2D eigenvalue weighted by atomic mass is 35.5. The lowest BCUT2D eigenvalue weighted by Crippen LogP contribution is -2.44. The van der Waals surface area contributed by atoms with E-state index in [-0.39, 0.29) is 17.5 Å². The second kappa shape index (κ2) is 9.92. The van der Waals surface area contributed by atoms with Crippen LogP contribution in [0.25, 0.3) is 16.5 Å². The molecule has 0 spiro atoms. The normalized spacial score (nSPS) is 14.4. The molecule has 1 aromatic heterocycles. The van der Waals surface area contributed by atoms with Crippen LogP contribution in [0.5, 0.6) is 0 Å². The Labute approximate surface area is 189 Å². The first-order valence-corrected chi connectivity index (χ1v) is 11.1. The van der Waals surface area contributed by atoms with Gasteiger partial charge < -0.3 is 15.0 Å². The molecule has 1 fully saturated rings. The molecule has 0 bridgehead atoms. The van der Waals surface area contributed by atoms with Crippen molar-refractivity contribution in [1.82, 2.24) is 10.2 Å². The molecule has 7 heteroatoms. The van der Waals surface area contributed by atoms with Crippen LogP contribution in [-0.4, -0.2) is 43.0 Å². The van der Waals surface area contributed by atoms with Crippen LogP contribution in [-0.2, 0) is 9.53 Å². The zero-order chi connectivity index (χ0) is 21.6. The number of ether oxygens (including phenoxy) is 1. The maximum atomic E-state index is 13.2. The minimum Gasteiger partial charge on any atom is -0.378 e. The fraction of sp³-hybridized carbons (Fsp3) is 0.167. The lowest BCUT2D eigenvalue weighted by molar-refractivity contribution is -0.131. The summed E-state index contributed by atoms with van der Waals surface area (Å²) in [6.45, 7) is 1.96. The summed E-state index contributed by atoms with van der Waals surface area (Å²) in [7, 11) is 0. The molecule has 5 nitrogen and oxygen atoms in total. The van der Waals surface area contributed by atoms with E-state index in [0.717, 1.165) is 15.3 Å². The second-order valence-corrected chi connectivity index (χ2v) is 8.49. The molecule has 2 aromatic carbocycles. The number of benzene rings is 2. The predicted octanol–water partition coefficient (Wildman–Crippen LogP) is 4.70. The topological polar surface area (TPSA) is 58.6 Å². The smallest absolute Gasteiger partial charge is 0.270 e. The SMILES string of the molecule is O=C(NC(=Cc1ccc(-c2ccccc2Cl)s1)C(=O)N1CCOCC1)c1ccccc1. The summed E-state index contributed by atoms with van der Waals surface area (Å²) in [5.74, 6) is -0.545. The van der Waals surface area contributed by atoms with Gasteiger partial charge in [0.15, 0.2) is 0 Å². The standard InChI is InChI=1S/C24H21ClN2O3S/c25-20-9-5-4-8-19(20)22-11-10-18(31-22)16-21(24(29)27-12-14-30-15-13-27)26-23(28)17-6-2-1-3-7-17/h1-11,16H,12-15H2,(H,26,28). The summed E-state index contributed by atoms with van der Waals surface area (Å²) in [6.07, 6.45) is 1.73. The number of carbonyl (C=O) groups is 2. The third-order valence-corrected chi connectivity index (χ3v) is 6.26. The fourth-order valence-electron chi connectivity index (χ4n) is 3.25.